The lowest BCUT2D eigenvalue weighted by Gasteiger charge is -2.09. The number of aryl methyl sites for hydroxylation is 2. The first kappa shape index (κ1) is 4.30. The van der Waals surface area contributed by atoms with Gasteiger partial charge < -0.3 is 9.67 Å². The number of aromatic nitrogens is 4. The fourth-order valence-electron chi connectivity index (χ4n) is 1.49. The van der Waals surface area contributed by atoms with E-state index in [4.69, 9.17) is 21.9 Å². The van der Waals surface area contributed by atoms with E-state index in [0.29, 0.717) is 6.33 Å². The van der Waals surface area contributed by atoms with E-state index in [9.17, 15) is 14.7 Å². The Labute approximate surface area is 138 Å². The molecule has 1 N–H and O–H groups in total. The molecule has 7 heteroatoms. The summed E-state index contributed by atoms with van der Waals surface area (Å²) in [5.41, 5.74) is -5.31. The molecule has 0 bridgehead atoms. The maximum Gasteiger partial charge on any atom is 0.332 e. The van der Waals surface area contributed by atoms with Crippen LogP contribution in [0, 0.1) is 0 Å². The molecule has 2 rings (SSSR count). The summed E-state index contributed by atoms with van der Waals surface area (Å²) in [7, 11) is 0. The fraction of sp³-hybridized carbons (Fsp3) is 0.615. The quantitative estimate of drug-likeness (QED) is 0.841. The Morgan fingerprint density at radius 2 is 2.35 bits per heavy atom. The van der Waals surface area contributed by atoms with Gasteiger partial charge in [-0.25, -0.2) is 9.78 Å². The number of hydrogen-bond acceptors (Lipinski definition) is 4. The van der Waals surface area contributed by atoms with Crippen LogP contribution in [0.25, 0.3) is 11.2 Å². The molecule has 0 saturated carbocycles. The zero-order chi connectivity index (χ0) is 28.7. The molecule has 7 nitrogen and oxygen atoms in total. The minimum atomic E-state index is -4.22. The van der Waals surface area contributed by atoms with Crippen molar-refractivity contribution in [1.29, 1.82) is 0 Å². The van der Waals surface area contributed by atoms with Crippen LogP contribution in [0.5, 0.6) is 0 Å². The van der Waals surface area contributed by atoms with E-state index in [-0.39, 0.29) is 13.7 Å². The van der Waals surface area contributed by atoms with Gasteiger partial charge in [-0.05, 0) is 26.0 Å². The summed E-state index contributed by atoms with van der Waals surface area (Å²) in [5, 5.41) is 9.98. The van der Waals surface area contributed by atoms with Gasteiger partial charge in [0.05, 0.1) is 13.8 Å². The standard InChI is InChI=1S/C13H20N4O3/c1-9(18)6-4-5-7-17-12(19)10-11(14-8-15(10)2)16(3)13(17)20/h8-9,18H,4-7H2,1-3H3/i1D3,2D3,3D3,4D2,5D2,6D2,9D. The van der Waals surface area contributed by atoms with E-state index in [2.05, 4.69) is 4.98 Å². The van der Waals surface area contributed by atoms with Gasteiger partial charge in [0.15, 0.2) is 11.2 Å². The second-order valence-electron chi connectivity index (χ2n) is 3.57. The van der Waals surface area contributed by atoms with Crippen molar-refractivity contribution in [3.8, 4) is 0 Å². The second kappa shape index (κ2) is 5.62. The van der Waals surface area contributed by atoms with Gasteiger partial charge in [-0.3, -0.25) is 13.9 Å². The summed E-state index contributed by atoms with van der Waals surface area (Å²) in [5.74, 6) is 0. The van der Waals surface area contributed by atoms with Crippen molar-refractivity contribution >= 4 is 11.2 Å². The van der Waals surface area contributed by atoms with Gasteiger partial charge in [-0.15, -0.1) is 0 Å². The molecule has 20 heavy (non-hydrogen) atoms. The van der Waals surface area contributed by atoms with Gasteiger partial charge in [0.1, 0.15) is 0 Å². The van der Waals surface area contributed by atoms with Gasteiger partial charge in [0.25, 0.3) is 5.56 Å². The maximum absolute atomic E-state index is 13.1. The molecule has 110 valence electrons. The number of rotatable bonds is 5. The number of nitrogens with zero attached hydrogens (tertiary/aromatic N) is 4. The Morgan fingerprint density at radius 1 is 1.50 bits per heavy atom. The molecule has 2 aromatic rings. The molecule has 0 saturated heterocycles. The molecule has 0 aromatic carbocycles. The first-order chi connectivity index (χ1) is 15.6. The van der Waals surface area contributed by atoms with Crippen molar-refractivity contribution < 1.29 is 27.0 Å². The van der Waals surface area contributed by atoms with Crippen LogP contribution in [0.1, 0.15) is 47.9 Å². The van der Waals surface area contributed by atoms with Crippen molar-refractivity contribution in [1.82, 2.24) is 18.7 Å². The molecule has 0 aliphatic carbocycles. The van der Waals surface area contributed by atoms with E-state index in [1.807, 2.05) is 0 Å². The van der Waals surface area contributed by atoms with E-state index in [0.717, 1.165) is 0 Å². The minimum absolute atomic E-state index is 0.116. The summed E-state index contributed by atoms with van der Waals surface area (Å²) < 4.78 is 122. The monoisotopic (exact) mass is 296 g/mol. The van der Waals surface area contributed by atoms with Gasteiger partial charge in [-0.2, -0.15) is 0 Å². The van der Waals surface area contributed by atoms with Crippen LogP contribution in [0.15, 0.2) is 15.9 Å². The van der Waals surface area contributed by atoms with Gasteiger partial charge in [0, 0.05) is 41.1 Å². The SMILES string of the molecule is [2H]C([2H])([2H])n1cnc2c1c(=O)n(CC([2H])([2H])C([2H])([2H])C([2H])([2H])C([2H])(O)C([2H])([2H])[2H])c(=O)n2C([2H])([2H])[2H]. The Hall–Kier alpha value is -1.89. The van der Waals surface area contributed by atoms with Crippen LogP contribution in [0.2, 0.25) is 0 Å². The lowest BCUT2D eigenvalue weighted by Crippen LogP contribution is -2.39. The summed E-state index contributed by atoms with van der Waals surface area (Å²) in [6, 6.07) is 0. The highest BCUT2D eigenvalue weighted by molar-refractivity contribution is 5.69. The number of fused-ring (bicyclic) bond motifs is 1. The Bertz CT molecular complexity index is 1280. The molecule has 0 radical (unpaired) electrons. The smallest absolute Gasteiger partial charge is 0.332 e. The third kappa shape index (κ3) is 2.53. The molecule has 0 fully saturated rings. The van der Waals surface area contributed by atoms with Crippen molar-refractivity contribution in [2.45, 2.75) is 38.6 Å². The normalized spacial score (nSPS) is 30.4. The molecular weight excluding hydrogens is 260 g/mol. The van der Waals surface area contributed by atoms with Crippen LogP contribution in [0.3, 0.4) is 0 Å². The molecule has 0 amide bonds. The molecule has 0 spiro atoms. The van der Waals surface area contributed by atoms with Crippen molar-refractivity contribution in [2.24, 2.45) is 14.0 Å². The summed E-state index contributed by atoms with van der Waals surface area (Å²) >= 11 is 0. The number of hydrogen-bond donors (Lipinski definition) is 1. The largest absolute Gasteiger partial charge is 0.393 e. The maximum atomic E-state index is 13.1. The van der Waals surface area contributed by atoms with Gasteiger partial charge in [0.2, 0.25) is 0 Å². The third-order valence-electron chi connectivity index (χ3n) is 2.34. The fourth-order valence-corrected chi connectivity index (χ4v) is 1.49. The average Bonchev–Trinajstić information content (AvgIpc) is 3.07. The van der Waals surface area contributed by atoms with E-state index < -0.39 is 75.0 Å². The lowest BCUT2D eigenvalue weighted by atomic mass is 10.2. The van der Waals surface area contributed by atoms with Crippen LogP contribution in [0.4, 0.5) is 0 Å². The molecule has 1 unspecified atom stereocenters. The zero-order valence-corrected chi connectivity index (χ0v) is 9.84. The van der Waals surface area contributed by atoms with Crippen LogP contribution in [-0.4, -0.2) is 29.9 Å². The highest BCUT2D eigenvalue weighted by Gasteiger charge is 2.14. The van der Waals surface area contributed by atoms with E-state index in [1.54, 1.807) is 0 Å². The van der Waals surface area contributed by atoms with Crippen LogP contribution < -0.4 is 11.2 Å². The zero-order valence-electron chi connectivity index (χ0n) is 25.8. The third-order valence-corrected chi connectivity index (χ3v) is 2.34. The number of imidazole rings is 1. The molecule has 2 heterocycles. The predicted molar refractivity (Wildman–Crippen MR) is 75.7 cm³/mol. The van der Waals surface area contributed by atoms with Crippen LogP contribution >= 0.6 is 0 Å². The van der Waals surface area contributed by atoms with E-state index in [1.165, 1.54) is 0 Å². The Balaban J connectivity index is 2.89. The summed E-state index contributed by atoms with van der Waals surface area (Å²) in [4.78, 5) is 29.5. The van der Waals surface area contributed by atoms with Crippen molar-refractivity contribution in [2.75, 3.05) is 0 Å². The van der Waals surface area contributed by atoms with E-state index >= 15 is 0 Å². The molecule has 0 aliphatic rings. The first-order valence-electron chi connectivity index (χ1n) is 13.1. The highest BCUT2D eigenvalue weighted by Crippen LogP contribution is 2.04. The van der Waals surface area contributed by atoms with Crippen molar-refractivity contribution in [3.05, 3.63) is 27.2 Å². The van der Waals surface area contributed by atoms with Gasteiger partial charge >= 0.3 is 5.69 Å². The highest BCUT2D eigenvalue weighted by atomic mass is 16.3. The van der Waals surface area contributed by atoms with Crippen LogP contribution in [-0.2, 0) is 20.5 Å². The topological polar surface area (TPSA) is 82.1 Å². The lowest BCUT2D eigenvalue weighted by molar-refractivity contribution is 0.180. The predicted octanol–water partition coefficient (Wildman–Crippen LogP) is -0.0152. The average molecular weight is 296 g/mol. The number of aliphatic hydroxyl groups is 1. The molecule has 1 atom stereocenters. The Kier molecular flexibility index (Phi) is 1.21. The minimum Gasteiger partial charge on any atom is -0.393 e. The first-order valence-corrected chi connectivity index (χ1v) is 5.11. The molecule has 0 aliphatic heterocycles. The second-order valence-corrected chi connectivity index (χ2v) is 3.57. The van der Waals surface area contributed by atoms with Gasteiger partial charge in [-0.1, -0.05) is 0 Å². The Morgan fingerprint density at radius 3 is 3.05 bits per heavy atom. The van der Waals surface area contributed by atoms with Crippen molar-refractivity contribution in [3.63, 3.8) is 0 Å². The summed E-state index contributed by atoms with van der Waals surface area (Å²) in [6.07, 6.45) is -15.8. The molecule has 2 aromatic heterocycles. The summed E-state index contributed by atoms with van der Waals surface area (Å²) in [6.45, 7) is -12.2. The molecular formula is C13H20N4O3.